The van der Waals surface area contributed by atoms with Crippen LogP contribution in [0, 0.1) is 0 Å². The van der Waals surface area contributed by atoms with E-state index in [1.165, 1.54) is 45.0 Å². The van der Waals surface area contributed by atoms with Crippen molar-refractivity contribution in [1.29, 1.82) is 0 Å². The first kappa shape index (κ1) is 21.0. The third-order valence-electron chi connectivity index (χ3n) is 4.91. The van der Waals surface area contributed by atoms with Crippen molar-refractivity contribution in [3.8, 4) is 5.75 Å². The Morgan fingerprint density at radius 1 is 1.00 bits per heavy atom. The summed E-state index contributed by atoms with van der Waals surface area (Å²) in [5.74, 6) is -0.968. The Kier molecular flexibility index (Phi) is 6.04. The molecule has 0 aromatic heterocycles. The third-order valence-corrected chi connectivity index (χ3v) is 6.75. The minimum absolute atomic E-state index is 0.0213. The molecular weight excluding hydrogens is 394 g/mol. The van der Waals surface area contributed by atoms with Gasteiger partial charge in [-0.2, -0.15) is 0 Å². The number of carbonyl (C=O) groups excluding carboxylic acids is 2. The molecular formula is C21H23NO6S. The molecule has 154 valence electrons. The topological polar surface area (TPSA) is 90.0 Å². The molecule has 0 saturated carbocycles. The molecule has 1 aliphatic rings. The number of carbonyl (C=O) groups is 2. The lowest BCUT2D eigenvalue weighted by Gasteiger charge is -2.15. The highest BCUT2D eigenvalue weighted by Gasteiger charge is 2.24. The van der Waals surface area contributed by atoms with Crippen molar-refractivity contribution in [2.24, 2.45) is 0 Å². The van der Waals surface area contributed by atoms with Crippen molar-refractivity contribution >= 4 is 21.8 Å². The van der Waals surface area contributed by atoms with Crippen LogP contribution in [0.15, 0.2) is 41.3 Å². The van der Waals surface area contributed by atoms with Gasteiger partial charge < -0.3 is 9.47 Å². The van der Waals surface area contributed by atoms with Crippen molar-refractivity contribution < 1.29 is 27.5 Å². The van der Waals surface area contributed by atoms with Crippen molar-refractivity contribution in [2.45, 2.75) is 24.2 Å². The van der Waals surface area contributed by atoms with E-state index in [-0.39, 0.29) is 22.0 Å². The molecule has 0 unspecified atom stereocenters. The Hall–Kier alpha value is -2.71. The molecule has 0 fully saturated rings. The molecule has 0 spiro atoms. The number of rotatable bonds is 7. The van der Waals surface area contributed by atoms with E-state index in [2.05, 4.69) is 0 Å². The van der Waals surface area contributed by atoms with E-state index in [1.54, 1.807) is 6.07 Å². The number of nitrogens with zero attached hydrogens (tertiary/aromatic N) is 1. The lowest BCUT2D eigenvalue weighted by Crippen LogP contribution is -2.23. The first-order chi connectivity index (χ1) is 13.7. The molecule has 29 heavy (non-hydrogen) atoms. The standard InChI is InChI=1S/C21H23NO6S/c1-22(2)29(25,26)20-12-17(9-10-19(20)27-3)21(24)28-13-18(23)16-8-7-14-5-4-6-15(14)11-16/h7-12H,4-6,13H2,1-3H3. The number of Topliss-reactive ketones (excluding diaryl/α,β-unsaturated/α-hetero) is 1. The van der Waals surface area contributed by atoms with Gasteiger partial charge in [-0.25, -0.2) is 17.5 Å². The summed E-state index contributed by atoms with van der Waals surface area (Å²) in [6.07, 6.45) is 3.05. The van der Waals surface area contributed by atoms with Crippen molar-refractivity contribution in [3.05, 3.63) is 58.7 Å². The molecule has 0 radical (unpaired) electrons. The zero-order valence-electron chi connectivity index (χ0n) is 16.6. The molecule has 3 rings (SSSR count). The summed E-state index contributed by atoms with van der Waals surface area (Å²) < 4.78 is 36.2. The Balaban J connectivity index is 1.75. The lowest BCUT2D eigenvalue weighted by molar-refractivity contribution is 0.0474. The summed E-state index contributed by atoms with van der Waals surface area (Å²) in [6, 6.07) is 9.52. The zero-order valence-corrected chi connectivity index (χ0v) is 17.4. The van der Waals surface area contributed by atoms with E-state index in [1.807, 2.05) is 12.1 Å². The molecule has 0 amide bonds. The lowest BCUT2D eigenvalue weighted by atomic mass is 10.0. The monoisotopic (exact) mass is 417 g/mol. The van der Waals surface area contributed by atoms with Crippen LogP contribution in [0.25, 0.3) is 0 Å². The fraction of sp³-hybridized carbons (Fsp3) is 0.333. The average molecular weight is 417 g/mol. The number of hydrogen-bond donors (Lipinski definition) is 0. The second-order valence-electron chi connectivity index (χ2n) is 6.99. The number of esters is 1. The Morgan fingerprint density at radius 2 is 1.69 bits per heavy atom. The molecule has 2 aromatic rings. The SMILES string of the molecule is COc1ccc(C(=O)OCC(=O)c2ccc3c(c2)CCC3)cc1S(=O)(=O)N(C)C. The van der Waals surface area contributed by atoms with Crippen LogP contribution in [0.1, 0.15) is 38.3 Å². The highest BCUT2D eigenvalue weighted by molar-refractivity contribution is 7.89. The summed E-state index contributed by atoms with van der Waals surface area (Å²) in [6.45, 7) is -0.417. The highest BCUT2D eigenvalue weighted by Crippen LogP contribution is 2.27. The first-order valence-electron chi connectivity index (χ1n) is 9.16. The fourth-order valence-electron chi connectivity index (χ4n) is 3.24. The molecule has 2 aromatic carbocycles. The van der Waals surface area contributed by atoms with E-state index in [0.717, 1.165) is 29.1 Å². The maximum atomic E-state index is 12.5. The molecule has 0 saturated heterocycles. The second-order valence-corrected chi connectivity index (χ2v) is 9.11. The van der Waals surface area contributed by atoms with Gasteiger partial charge in [-0.3, -0.25) is 4.79 Å². The van der Waals surface area contributed by atoms with Crippen LogP contribution < -0.4 is 4.74 Å². The molecule has 1 aliphatic carbocycles. The van der Waals surface area contributed by atoms with E-state index >= 15 is 0 Å². The molecule has 0 atom stereocenters. The number of ether oxygens (including phenoxy) is 2. The number of aryl methyl sites for hydroxylation is 2. The third kappa shape index (κ3) is 4.33. The molecule has 7 nitrogen and oxygen atoms in total. The van der Waals surface area contributed by atoms with E-state index in [0.29, 0.717) is 5.56 Å². The Labute approximate surface area is 170 Å². The number of benzene rings is 2. The van der Waals surface area contributed by atoms with Crippen LogP contribution in [0.3, 0.4) is 0 Å². The minimum Gasteiger partial charge on any atom is -0.495 e. The minimum atomic E-state index is -3.82. The van der Waals surface area contributed by atoms with E-state index in [9.17, 15) is 18.0 Å². The Bertz CT molecular complexity index is 1060. The van der Waals surface area contributed by atoms with Crippen LogP contribution in [-0.4, -0.2) is 52.3 Å². The number of hydrogen-bond acceptors (Lipinski definition) is 6. The predicted molar refractivity (Wildman–Crippen MR) is 107 cm³/mol. The van der Waals surface area contributed by atoms with Gasteiger partial charge in [-0.05, 0) is 54.7 Å². The first-order valence-corrected chi connectivity index (χ1v) is 10.6. The van der Waals surface area contributed by atoms with Gasteiger partial charge in [-0.15, -0.1) is 0 Å². The van der Waals surface area contributed by atoms with Crippen molar-refractivity contribution in [3.63, 3.8) is 0 Å². The van der Waals surface area contributed by atoms with E-state index < -0.39 is 22.6 Å². The van der Waals surface area contributed by atoms with Gasteiger partial charge >= 0.3 is 5.97 Å². The van der Waals surface area contributed by atoms with Crippen LogP contribution in [0.5, 0.6) is 5.75 Å². The maximum Gasteiger partial charge on any atom is 0.338 e. The molecule has 0 aliphatic heterocycles. The normalized spacial score (nSPS) is 13.2. The van der Waals surface area contributed by atoms with Gasteiger partial charge in [0.25, 0.3) is 0 Å². The van der Waals surface area contributed by atoms with Gasteiger partial charge in [0, 0.05) is 19.7 Å². The van der Waals surface area contributed by atoms with Gasteiger partial charge in [0.05, 0.1) is 12.7 Å². The van der Waals surface area contributed by atoms with Gasteiger partial charge in [0.2, 0.25) is 10.0 Å². The molecule has 8 heteroatoms. The summed E-state index contributed by atoms with van der Waals surface area (Å²) >= 11 is 0. The van der Waals surface area contributed by atoms with Crippen molar-refractivity contribution in [2.75, 3.05) is 27.8 Å². The fourth-order valence-corrected chi connectivity index (χ4v) is 4.32. The van der Waals surface area contributed by atoms with Gasteiger partial charge in [0.1, 0.15) is 10.6 Å². The number of methoxy groups -OCH3 is 1. The summed E-state index contributed by atoms with van der Waals surface area (Å²) in [5.41, 5.74) is 2.94. The quantitative estimate of drug-likeness (QED) is 0.508. The summed E-state index contributed by atoms with van der Waals surface area (Å²) in [5, 5.41) is 0. The molecule has 0 heterocycles. The van der Waals surface area contributed by atoms with Crippen LogP contribution in [0.2, 0.25) is 0 Å². The van der Waals surface area contributed by atoms with E-state index in [4.69, 9.17) is 9.47 Å². The van der Waals surface area contributed by atoms with Gasteiger partial charge in [-0.1, -0.05) is 12.1 Å². The Morgan fingerprint density at radius 3 is 2.38 bits per heavy atom. The smallest absolute Gasteiger partial charge is 0.338 e. The predicted octanol–water partition coefficient (Wildman–Crippen LogP) is 2.47. The number of fused-ring (bicyclic) bond motifs is 1. The summed E-state index contributed by atoms with van der Waals surface area (Å²) in [4.78, 5) is 24.6. The van der Waals surface area contributed by atoms with Crippen LogP contribution in [0.4, 0.5) is 0 Å². The second kappa shape index (κ2) is 8.34. The van der Waals surface area contributed by atoms with Crippen LogP contribution in [-0.2, 0) is 27.6 Å². The molecule has 0 bridgehead atoms. The largest absolute Gasteiger partial charge is 0.495 e. The molecule has 0 N–H and O–H groups in total. The van der Waals surface area contributed by atoms with Crippen LogP contribution >= 0.6 is 0 Å². The number of ketones is 1. The highest BCUT2D eigenvalue weighted by atomic mass is 32.2. The average Bonchev–Trinajstić information content (AvgIpc) is 3.18. The zero-order chi connectivity index (χ0) is 21.2. The number of sulfonamides is 1. The maximum absolute atomic E-state index is 12.5. The summed E-state index contributed by atoms with van der Waals surface area (Å²) in [7, 11) is 0.290. The van der Waals surface area contributed by atoms with Gasteiger partial charge in [0.15, 0.2) is 12.4 Å². The van der Waals surface area contributed by atoms with Crippen molar-refractivity contribution in [1.82, 2.24) is 4.31 Å².